The largest absolute Gasteiger partial charge is 0.478 e. The maximum Gasteiger partial charge on any atom is 0.416 e. The molecule has 0 aromatic heterocycles. The van der Waals surface area contributed by atoms with Crippen molar-refractivity contribution in [3.05, 3.63) is 63.1 Å². The molecule has 0 fully saturated rings. The number of aromatic carboxylic acids is 1. The minimum atomic E-state index is -4.36. The van der Waals surface area contributed by atoms with Crippen LogP contribution >= 0.6 is 34.6 Å². The van der Waals surface area contributed by atoms with E-state index in [2.05, 4.69) is 5.32 Å². The number of thiol groups is 1. The molecule has 0 radical (unpaired) electrons. The molecule has 0 saturated heterocycles. The minimum Gasteiger partial charge on any atom is -0.478 e. The predicted octanol–water partition coefficient (Wildman–Crippen LogP) is 5.55. The van der Waals surface area contributed by atoms with Crippen LogP contribution in [0.2, 0.25) is 10.0 Å². The standard InChI is InChI=1S/C16H12Cl2F3NO2S/c17-12-5-11(15(23)24)14(6-13(12)18)22-8-25-7-9-1-3-10(4-2-9)16(19,20)21/h1-6,8,22,25H,7H2,(H,23,24). The van der Waals surface area contributed by atoms with E-state index in [0.29, 0.717) is 5.75 Å². The van der Waals surface area contributed by atoms with Crippen LogP contribution in [0.4, 0.5) is 18.9 Å². The predicted molar refractivity (Wildman–Crippen MR) is 97.2 cm³/mol. The van der Waals surface area contributed by atoms with Crippen molar-refractivity contribution in [2.24, 2.45) is 0 Å². The van der Waals surface area contributed by atoms with E-state index in [-0.39, 0.29) is 21.3 Å². The molecule has 134 valence electrons. The zero-order valence-corrected chi connectivity index (χ0v) is 14.8. The molecule has 2 aromatic carbocycles. The third kappa shape index (κ3) is 5.39. The van der Waals surface area contributed by atoms with Crippen molar-refractivity contribution < 1.29 is 23.1 Å². The van der Waals surface area contributed by atoms with Crippen LogP contribution in [0.15, 0.2) is 36.4 Å². The van der Waals surface area contributed by atoms with E-state index in [1.165, 1.54) is 24.3 Å². The van der Waals surface area contributed by atoms with Gasteiger partial charge in [-0.3, -0.25) is 0 Å². The molecule has 0 unspecified atom stereocenters. The lowest BCUT2D eigenvalue weighted by molar-refractivity contribution is -0.137. The number of rotatable bonds is 5. The minimum absolute atomic E-state index is 0.0321. The molecule has 0 heterocycles. The van der Waals surface area contributed by atoms with Crippen LogP contribution in [0, 0.1) is 0 Å². The molecule has 25 heavy (non-hydrogen) atoms. The number of halogens is 5. The second-order valence-corrected chi connectivity index (χ2v) is 6.68. The van der Waals surface area contributed by atoms with Gasteiger partial charge in [0.25, 0.3) is 0 Å². The van der Waals surface area contributed by atoms with Gasteiger partial charge in [-0.2, -0.15) is 24.5 Å². The summed E-state index contributed by atoms with van der Waals surface area (Å²) in [6, 6.07) is 7.52. The van der Waals surface area contributed by atoms with E-state index in [1.807, 2.05) is 0 Å². The van der Waals surface area contributed by atoms with E-state index in [1.54, 1.807) is 5.49 Å². The lowest BCUT2D eigenvalue weighted by Crippen LogP contribution is -2.05. The number of hydrogen-bond acceptors (Lipinski definition) is 1. The van der Waals surface area contributed by atoms with Crippen LogP contribution in [-0.4, -0.2) is 16.6 Å². The van der Waals surface area contributed by atoms with Crippen LogP contribution in [-0.2, 0) is 11.9 Å². The highest BCUT2D eigenvalue weighted by atomic mass is 35.5. The highest BCUT2D eigenvalue weighted by Gasteiger charge is 2.29. The summed E-state index contributed by atoms with van der Waals surface area (Å²) >= 11 is 12.4. The molecule has 0 spiro atoms. The maximum absolute atomic E-state index is 12.5. The van der Waals surface area contributed by atoms with Crippen molar-refractivity contribution in [2.45, 2.75) is 11.9 Å². The van der Waals surface area contributed by atoms with Gasteiger partial charge in [-0.1, -0.05) is 35.3 Å². The lowest BCUT2D eigenvalue weighted by atomic mass is 10.1. The Morgan fingerprint density at radius 3 is 2.32 bits per heavy atom. The van der Waals surface area contributed by atoms with Crippen molar-refractivity contribution in [1.82, 2.24) is 0 Å². The molecule has 3 nitrogen and oxygen atoms in total. The Hall–Kier alpha value is -1.70. The SMILES string of the molecule is O=C(O)c1cc(Cl)c(Cl)cc1NC=[SH]Cc1ccc(C(F)(F)F)cc1. The van der Waals surface area contributed by atoms with Crippen molar-refractivity contribution in [3.63, 3.8) is 0 Å². The van der Waals surface area contributed by atoms with E-state index in [0.717, 1.165) is 29.0 Å². The Bertz CT molecular complexity index is 808. The van der Waals surface area contributed by atoms with Gasteiger partial charge in [0.2, 0.25) is 0 Å². The van der Waals surface area contributed by atoms with E-state index in [9.17, 15) is 18.0 Å². The number of alkyl halides is 3. The van der Waals surface area contributed by atoms with Crippen molar-refractivity contribution >= 4 is 51.7 Å². The Labute approximate surface area is 155 Å². The number of nitrogens with one attached hydrogen (secondary N) is 1. The molecular weight excluding hydrogens is 398 g/mol. The van der Waals surface area contributed by atoms with Gasteiger partial charge in [-0.05, 0) is 29.8 Å². The third-order valence-electron chi connectivity index (χ3n) is 3.16. The van der Waals surface area contributed by atoms with Crippen LogP contribution in [0.3, 0.4) is 0 Å². The number of benzene rings is 2. The molecule has 0 amide bonds. The first kappa shape index (κ1) is 19.6. The lowest BCUT2D eigenvalue weighted by Gasteiger charge is -2.08. The quantitative estimate of drug-likeness (QED) is 0.448. The zero-order valence-electron chi connectivity index (χ0n) is 12.4. The molecule has 0 aliphatic rings. The summed E-state index contributed by atoms with van der Waals surface area (Å²) in [5, 5.41) is 12.3. The monoisotopic (exact) mass is 409 g/mol. The number of carbonyl (C=O) groups is 1. The molecule has 2 aromatic rings. The average Bonchev–Trinajstić information content (AvgIpc) is 2.53. The second kappa shape index (κ2) is 8.12. The van der Waals surface area contributed by atoms with Gasteiger partial charge in [0.05, 0.1) is 26.9 Å². The van der Waals surface area contributed by atoms with Gasteiger partial charge in [0.1, 0.15) is 0 Å². The molecular formula is C16H12Cl2F3NO2S. The molecule has 2 rings (SSSR count). The number of hydrogen-bond donors (Lipinski definition) is 3. The molecule has 2 N–H and O–H groups in total. The fraction of sp³-hybridized carbons (Fsp3) is 0.125. The van der Waals surface area contributed by atoms with E-state index < -0.39 is 17.7 Å². The summed E-state index contributed by atoms with van der Waals surface area (Å²) in [6.45, 7) is 0. The van der Waals surface area contributed by atoms with Crippen molar-refractivity contribution in [3.8, 4) is 0 Å². The van der Waals surface area contributed by atoms with E-state index in [4.69, 9.17) is 28.3 Å². The zero-order chi connectivity index (χ0) is 18.6. The molecule has 0 aliphatic carbocycles. The summed E-state index contributed by atoms with van der Waals surface area (Å²) in [4.78, 5) is 11.2. The summed E-state index contributed by atoms with van der Waals surface area (Å²) in [5.41, 5.74) is 1.86. The number of anilines is 1. The molecule has 9 heteroatoms. The smallest absolute Gasteiger partial charge is 0.416 e. The first-order valence-corrected chi connectivity index (χ1v) is 8.72. The normalized spacial score (nSPS) is 12.0. The van der Waals surface area contributed by atoms with Gasteiger partial charge in [0.15, 0.2) is 0 Å². The highest BCUT2D eigenvalue weighted by molar-refractivity contribution is 7.96. The highest BCUT2D eigenvalue weighted by Crippen LogP contribution is 2.30. The first-order chi connectivity index (χ1) is 11.7. The van der Waals surface area contributed by atoms with Crippen LogP contribution < -0.4 is 5.32 Å². The van der Waals surface area contributed by atoms with Gasteiger partial charge >= 0.3 is 12.1 Å². The van der Waals surface area contributed by atoms with Crippen LogP contribution in [0.5, 0.6) is 0 Å². The topological polar surface area (TPSA) is 49.3 Å². The summed E-state index contributed by atoms with van der Waals surface area (Å²) < 4.78 is 37.5. The molecule has 0 atom stereocenters. The fourth-order valence-electron chi connectivity index (χ4n) is 1.91. The van der Waals surface area contributed by atoms with Crippen molar-refractivity contribution in [2.75, 3.05) is 5.32 Å². The molecule has 0 saturated carbocycles. The fourth-order valence-corrected chi connectivity index (χ4v) is 2.98. The Balaban J connectivity index is 2.04. The van der Waals surface area contributed by atoms with Gasteiger partial charge < -0.3 is 10.4 Å². The van der Waals surface area contributed by atoms with Gasteiger partial charge in [-0.15, -0.1) is 0 Å². The maximum atomic E-state index is 12.5. The average molecular weight is 410 g/mol. The summed E-state index contributed by atoms with van der Waals surface area (Å²) in [7, 11) is 0. The second-order valence-electron chi connectivity index (χ2n) is 4.93. The number of carboxylic acid groups (broad SMARTS) is 1. The first-order valence-electron chi connectivity index (χ1n) is 6.82. The summed E-state index contributed by atoms with van der Waals surface area (Å²) in [5.74, 6) is -0.691. The van der Waals surface area contributed by atoms with Crippen LogP contribution in [0.25, 0.3) is 0 Å². The van der Waals surface area contributed by atoms with Crippen LogP contribution in [0.1, 0.15) is 21.5 Å². The van der Waals surface area contributed by atoms with Gasteiger partial charge in [0, 0.05) is 11.2 Å². The third-order valence-corrected chi connectivity index (χ3v) is 4.74. The molecule has 0 bridgehead atoms. The Morgan fingerprint density at radius 2 is 1.76 bits per heavy atom. The Kier molecular flexibility index (Phi) is 6.37. The van der Waals surface area contributed by atoms with Gasteiger partial charge in [-0.25, -0.2) is 4.79 Å². The Morgan fingerprint density at radius 1 is 1.16 bits per heavy atom. The molecule has 0 aliphatic heterocycles. The summed E-state index contributed by atoms with van der Waals surface area (Å²) in [6.07, 6.45) is -4.36. The van der Waals surface area contributed by atoms with E-state index >= 15 is 0 Å². The number of carboxylic acids is 1. The van der Waals surface area contributed by atoms with Crippen molar-refractivity contribution in [1.29, 1.82) is 0 Å².